The molecule has 0 aromatic heterocycles. The molecule has 0 heterocycles. The minimum atomic E-state index is -2.38. The van der Waals surface area contributed by atoms with Crippen molar-refractivity contribution in [2.45, 2.75) is 36.6 Å². The molecule has 6 unspecified atom stereocenters. The average molecular weight is 637 g/mol. The Labute approximate surface area is 203 Å². The standard InChI is InChI=1S/3C4H6O6.Li.Ta/c3*5-1(3(7)8)2(6)4(9)10;;/h3*1-2,5-6H,(H,7,8)(H,9,10);;/q;;;+1;/p-1. The molecule has 0 aliphatic rings. The number of aliphatic hydroxyl groups excluding tert-OH is 6. The van der Waals surface area contributed by atoms with Crippen LogP contribution in [0.1, 0.15) is 0 Å². The first-order valence-electron chi connectivity index (χ1n) is 6.83. The molecule has 0 saturated carbocycles. The molecular weight excluding hydrogens is 620 g/mol. The maximum absolute atomic E-state index is 9.77. The fourth-order valence-corrected chi connectivity index (χ4v) is 0.804. The largest absolute Gasteiger partial charge is 1.00 e. The van der Waals surface area contributed by atoms with Crippen LogP contribution in [0, 0.1) is 0 Å². The molecule has 0 aliphatic heterocycles. The van der Waals surface area contributed by atoms with Crippen molar-refractivity contribution in [2.24, 2.45) is 0 Å². The minimum absolute atomic E-state index is 0. The van der Waals surface area contributed by atoms with Crippen LogP contribution in [0.15, 0.2) is 0 Å². The molecule has 6 atom stereocenters. The van der Waals surface area contributed by atoms with Crippen molar-refractivity contribution in [2.75, 3.05) is 0 Å². The summed E-state index contributed by atoms with van der Waals surface area (Å²) in [5.41, 5.74) is 0. The van der Waals surface area contributed by atoms with Crippen LogP contribution < -0.4 is 24.0 Å². The van der Waals surface area contributed by atoms with Gasteiger partial charge in [-0.25, -0.2) is 24.0 Å². The number of rotatable bonds is 9. The Bertz CT molecular complexity index is 500. The molecule has 0 amide bonds. The molecule has 32 heavy (non-hydrogen) atoms. The van der Waals surface area contributed by atoms with Crippen molar-refractivity contribution in [1.29, 1.82) is 0 Å². The third-order valence-electron chi connectivity index (χ3n) is 2.40. The van der Waals surface area contributed by atoms with E-state index in [0.29, 0.717) is 0 Å². The van der Waals surface area contributed by atoms with Gasteiger partial charge in [-0.1, -0.05) is 0 Å². The van der Waals surface area contributed by atoms with Crippen molar-refractivity contribution >= 4 is 35.8 Å². The van der Waals surface area contributed by atoms with Gasteiger partial charge in [0.05, 0.1) is 5.97 Å². The fraction of sp³-hybridized carbons (Fsp3) is 0.500. The first-order valence-corrected chi connectivity index (χ1v) is 6.83. The molecule has 11 N–H and O–H groups in total. The summed E-state index contributed by atoms with van der Waals surface area (Å²) in [5.74, 6) is -10.9. The predicted molar refractivity (Wildman–Crippen MR) is 79.2 cm³/mol. The van der Waals surface area contributed by atoms with Crippen molar-refractivity contribution in [3.05, 3.63) is 0 Å². The van der Waals surface area contributed by atoms with E-state index in [-0.39, 0.29) is 41.2 Å². The van der Waals surface area contributed by atoms with Crippen LogP contribution in [0.5, 0.6) is 0 Å². The van der Waals surface area contributed by atoms with Gasteiger partial charge in [-0.05, 0) is 0 Å². The van der Waals surface area contributed by atoms with Gasteiger partial charge in [0.1, 0.15) is 6.10 Å². The predicted octanol–water partition coefficient (Wildman–Crippen LogP) is -10.7. The zero-order valence-electron chi connectivity index (χ0n) is 15.7. The molecule has 1 radical (unpaired) electrons. The van der Waals surface area contributed by atoms with Gasteiger partial charge in [0.2, 0.25) is 0 Å². The number of carbonyl (C=O) groups is 6. The first-order chi connectivity index (χ1) is 13.4. The second-order valence-corrected chi connectivity index (χ2v) is 4.68. The van der Waals surface area contributed by atoms with Crippen molar-refractivity contribution in [1.82, 2.24) is 0 Å². The summed E-state index contributed by atoms with van der Waals surface area (Å²) in [4.78, 5) is 58.5. The zero-order chi connectivity index (χ0) is 24.9. The topological polar surface area (TPSA) is 348 Å². The molecular formula is C12H17LiO18Ta. The Morgan fingerprint density at radius 2 is 0.562 bits per heavy atom. The van der Waals surface area contributed by atoms with Crippen molar-refractivity contribution < 1.29 is 131 Å². The van der Waals surface area contributed by atoms with E-state index in [1.165, 1.54) is 0 Å². The Balaban J connectivity index is -0.000000110. The molecule has 18 nitrogen and oxygen atoms in total. The van der Waals surface area contributed by atoms with E-state index in [0.717, 1.165) is 0 Å². The van der Waals surface area contributed by atoms with E-state index >= 15 is 0 Å². The zero-order valence-corrected chi connectivity index (χ0v) is 18.9. The van der Waals surface area contributed by atoms with Crippen LogP contribution in [-0.2, 0) is 51.1 Å². The number of carbonyl (C=O) groups excluding carboxylic acids is 1. The summed E-state index contributed by atoms with van der Waals surface area (Å²) in [7, 11) is 0. The van der Waals surface area contributed by atoms with Crippen LogP contribution in [0.25, 0.3) is 0 Å². The number of hydrogen-bond donors (Lipinski definition) is 11. The quantitative estimate of drug-likeness (QED) is 0.105. The average Bonchev–Trinajstić information content (AvgIpc) is 2.64. The van der Waals surface area contributed by atoms with E-state index < -0.39 is 72.4 Å². The number of aliphatic hydroxyl groups is 6. The Morgan fingerprint density at radius 3 is 0.625 bits per heavy atom. The molecule has 0 bridgehead atoms. The van der Waals surface area contributed by atoms with Gasteiger partial charge >= 0.3 is 48.7 Å². The molecule has 0 aliphatic carbocycles. The van der Waals surface area contributed by atoms with Crippen molar-refractivity contribution in [3.8, 4) is 0 Å². The molecule has 0 spiro atoms. The summed E-state index contributed by atoms with van der Waals surface area (Å²) >= 11 is 0. The second-order valence-electron chi connectivity index (χ2n) is 4.68. The summed E-state index contributed by atoms with van der Waals surface area (Å²) < 4.78 is 0. The Kier molecular flexibility index (Phi) is 24.7. The Morgan fingerprint density at radius 1 is 0.438 bits per heavy atom. The van der Waals surface area contributed by atoms with Gasteiger partial charge in [-0.3, -0.25) is 0 Å². The fourth-order valence-electron chi connectivity index (χ4n) is 0.804. The van der Waals surface area contributed by atoms with Crippen LogP contribution >= 0.6 is 0 Å². The second kappa shape index (κ2) is 19.6. The van der Waals surface area contributed by atoms with E-state index in [9.17, 15) is 33.9 Å². The molecule has 0 fully saturated rings. The maximum Gasteiger partial charge on any atom is 1.00 e. The number of aliphatic carboxylic acids is 6. The summed E-state index contributed by atoms with van der Waals surface area (Å²) in [6, 6.07) is 0. The number of hydrogen-bond acceptors (Lipinski definition) is 13. The Hall–Kier alpha value is -2.08. The van der Waals surface area contributed by atoms with Gasteiger partial charge in [-0.2, -0.15) is 0 Å². The maximum atomic E-state index is 9.77. The molecule has 0 aromatic rings. The van der Waals surface area contributed by atoms with Gasteiger partial charge in [-0.15, -0.1) is 0 Å². The number of carboxylic acid groups (broad SMARTS) is 6. The normalized spacial score (nSPS) is 14.8. The monoisotopic (exact) mass is 637 g/mol. The van der Waals surface area contributed by atoms with Crippen LogP contribution in [-0.4, -0.2) is 129 Å². The van der Waals surface area contributed by atoms with Gasteiger partial charge in [0.15, 0.2) is 30.5 Å². The van der Waals surface area contributed by atoms with E-state index in [2.05, 4.69) is 0 Å². The van der Waals surface area contributed by atoms with Gasteiger partial charge in [0.25, 0.3) is 0 Å². The van der Waals surface area contributed by atoms with E-state index in [1.807, 2.05) is 0 Å². The van der Waals surface area contributed by atoms with E-state index in [4.69, 9.17) is 56.2 Å². The third-order valence-corrected chi connectivity index (χ3v) is 2.40. The molecule has 0 rings (SSSR count). The SMILES string of the molecule is O=C(O)C(O)C(O)C(=O)O.O=C(O)C(O)C(O)C(=O)O.O=C([O-])C(O)C(O)C(=O)O.[Li+].[Ta]. The summed E-state index contributed by atoms with van der Waals surface area (Å²) in [6.07, 6.45) is -13.8. The van der Waals surface area contributed by atoms with Gasteiger partial charge < -0.3 is 66.1 Å². The molecule has 0 saturated heterocycles. The summed E-state index contributed by atoms with van der Waals surface area (Å²) in [6.45, 7) is 0. The van der Waals surface area contributed by atoms with E-state index in [1.54, 1.807) is 0 Å². The molecule has 179 valence electrons. The van der Waals surface area contributed by atoms with Gasteiger partial charge in [0, 0.05) is 22.4 Å². The molecule has 0 aromatic carbocycles. The number of carboxylic acids is 6. The van der Waals surface area contributed by atoms with Crippen LogP contribution in [0.4, 0.5) is 0 Å². The third kappa shape index (κ3) is 17.6. The van der Waals surface area contributed by atoms with Crippen molar-refractivity contribution in [3.63, 3.8) is 0 Å². The first kappa shape index (κ1) is 40.3. The van der Waals surface area contributed by atoms with Crippen LogP contribution in [0.2, 0.25) is 0 Å². The summed E-state index contributed by atoms with van der Waals surface area (Å²) in [5, 5.41) is 99.2. The smallest absolute Gasteiger partial charge is 0.547 e. The van der Waals surface area contributed by atoms with Crippen LogP contribution in [0.3, 0.4) is 0 Å². The molecule has 20 heteroatoms. The minimum Gasteiger partial charge on any atom is -0.547 e.